The summed E-state index contributed by atoms with van der Waals surface area (Å²) >= 11 is 0. The van der Waals surface area contributed by atoms with Crippen LogP contribution in [0.3, 0.4) is 0 Å². The van der Waals surface area contributed by atoms with Crippen molar-refractivity contribution < 1.29 is 4.21 Å². The highest BCUT2D eigenvalue weighted by atomic mass is 32.2. The van der Waals surface area contributed by atoms with Crippen LogP contribution in [-0.4, -0.2) is 45.3 Å². The molecule has 0 atom stereocenters. The van der Waals surface area contributed by atoms with Gasteiger partial charge in [-0.3, -0.25) is 4.21 Å². The first-order valence-electron chi connectivity index (χ1n) is 5.91. The van der Waals surface area contributed by atoms with Gasteiger partial charge in [0.1, 0.15) is 0 Å². The highest BCUT2D eigenvalue weighted by molar-refractivity contribution is 7.85. The van der Waals surface area contributed by atoms with Gasteiger partial charge >= 0.3 is 0 Å². The van der Waals surface area contributed by atoms with E-state index in [2.05, 4.69) is 27.1 Å². The molecule has 1 N–H and O–H groups in total. The minimum Gasteiger partial charge on any atom is -0.339 e. The van der Waals surface area contributed by atoms with Crippen LogP contribution < -0.4 is 10.2 Å². The molecule has 0 aromatic carbocycles. The zero-order valence-corrected chi connectivity index (χ0v) is 10.9. The fraction of sp³-hybridized carbons (Fsp3) is 0.636. The van der Waals surface area contributed by atoms with Gasteiger partial charge in [0.15, 0.2) is 0 Å². The molecular formula is C11H18N4OS. The maximum atomic E-state index is 11.2. The fourth-order valence-electron chi connectivity index (χ4n) is 1.71. The van der Waals surface area contributed by atoms with E-state index in [0.29, 0.717) is 0 Å². The average Bonchev–Trinajstić information content (AvgIpc) is 2.38. The molecule has 0 amide bonds. The third-order valence-corrected chi connectivity index (χ3v) is 4.01. The Kier molecular flexibility index (Phi) is 4.44. The number of rotatable bonds is 4. The number of hydrogen-bond acceptors (Lipinski definition) is 5. The topological polar surface area (TPSA) is 58.1 Å². The summed E-state index contributed by atoms with van der Waals surface area (Å²) in [5, 5.41) is 3.24. The van der Waals surface area contributed by atoms with E-state index in [4.69, 9.17) is 0 Å². The summed E-state index contributed by atoms with van der Waals surface area (Å²) in [4.78, 5) is 10.8. The van der Waals surface area contributed by atoms with Gasteiger partial charge in [-0.2, -0.15) is 0 Å². The van der Waals surface area contributed by atoms with Crippen LogP contribution in [0.5, 0.6) is 0 Å². The van der Waals surface area contributed by atoms with Gasteiger partial charge in [-0.15, -0.1) is 0 Å². The summed E-state index contributed by atoms with van der Waals surface area (Å²) in [6.07, 6.45) is 3.72. The molecule has 1 fully saturated rings. The maximum absolute atomic E-state index is 11.2. The van der Waals surface area contributed by atoms with Crippen molar-refractivity contribution in [1.82, 2.24) is 15.3 Å². The molecule has 94 valence electrons. The minimum absolute atomic E-state index is 0.651. The molecule has 1 aliphatic heterocycles. The predicted octanol–water partition coefficient (Wildman–Crippen LogP) is 0.155. The van der Waals surface area contributed by atoms with Gasteiger partial charge in [0, 0.05) is 59.9 Å². The van der Waals surface area contributed by atoms with Gasteiger partial charge in [0.25, 0.3) is 0 Å². The third-order valence-electron chi connectivity index (χ3n) is 2.73. The van der Waals surface area contributed by atoms with E-state index in [9.17, 15) is 4.21 Å². The molecular weight excluding hydrogens is 236 g/mol. The second-order valence-corrected chi connectivity index (χ2v) is 5.70. The lowest BCUT2D eigenvalue weighted by Gasteiger charge is -2.26. The van der Waals surface area contributed by atoms with Gasteiger partial charge in [-0.05, 0) is 6.54 Å². The largest absolute Gasteiger partial charge is 0.339 e. The van der Waals surface area contributed by atoms with Crippen LogP contribution >= 0.6 is 0 Å². The van der Waals surface area contributed by atoms with Crippen LogP contribution in [-0.2, 0) is 17.3 Å². The molecule has 0 spiro atoms. The summed E-state index contributed by atoms with van der Waals surface area (Å²) in [5.41, 5.74) is 1.09. The van der Waals surface area contributed by atoms with E-state index >= 15 is 0 Å². The molecule has 0 unspecified atom stereocenters. The van der Waals surface area contributed by atoms with Crippen molar-refractivity contribution >= 4 is 16.7 Å². The Labute approximate surface area is 104 Å². The van der Waals surface area contributed by atoms with Crippen molar-refractivity contribution in [2.24, 2.45) is 0 Å². The van der Waals surface area contributed by atoms with Crippen LogP contribution in [0.15, 0.2) is 12.4 Å². The zero-order chi connectivity index (χ0) is 12.1. The normalized spacial score (nSPS) is 17.4. The molecule has 0 aliphatic carbocycles. The van der Waals surface area contributed by atoms with E-state index < -0.39 is 10.8 Å². The quantitative estimate of drug-likeness (QED) is 0.829. The molecule has 1 aromatic heterocycles. The van der Waals surface area contributed by atoms with Gasteiger partial charge < -0.3 is 10.2 Å². The van der Waals surface area contributed by atoms with Gasteiger partial charge in [0.2, 0.25) is 5.95 Å². The predicted molar refractivity (Wildman–Crippen MR) is 69.5 cm³/mol. The zero-order valence-electron chi connectivity index (χ0n) is 10.1. The Balaban J connectivity index is 1.95. The van der Waals surface area contributed by atoms with E-state index in [-0.39, 0.29) is 0 Å². The summed E-state index contributed by atoms with van der Waals surface area (Å²) in [6, 6.07) is 0. The van der Waals surface area contributed by atoms with Crippen molar-refractivity contribution in [2.75, 3.05) is 36.0 Å². The van der Waals surface area contributed by atoms with Gasteiger partial charge in [0.05, 0.1) is 0 Å². The molecule has 2 rings (SSSR count). The van der Waals surface area contributed by atoms with E-state index in [1.807, 2.05) is 12.4 Å². The Bertz CT molecular complexity index is 372. The lowest BCUT2D eigenvalue weighted by molar-refractivity contribution is 0.670. The molecule has 0 saturated carbocycles. The number of hydrogen-bond donors (Lipinski definition) is 1. The van der Waals surface area contributed by atoms with Crippen molar-refractivity contribution in [3.05, 3.63) is 18.0 Å². The first-order chi connectivity index (χ1) is 8.29. The van der Waals surface area contributed by atoms with Crippen LogP contribution in [0.1, 0.15) is 12.5 Å². The molecule has 17 heavy (non-hydrogen) atoms. The molecule has 1 saturated heterocycles. The van der Waals surface area contributed by atoms with Crippen LogP contribution in [0.2, 0.25) is 0 Å². The summed E-state index contributed by atoms with van der Waals surface area (Å²) in [6.45, 7) is 5.40. The van der Waals surface area contributed by atoms with Crippen LogP contribution in [0, 0.1) is 0 Å². The lowest BCUT2D eigenvalue weighted by Crippen LogP contribution is -2.38. The lowest BCUT2D eigenvalue weighted by atomic mass is 10.3. The van der Waals surface area contributed by atoms with E-state index in [0.717, 1.165) is 49.2 Å². The van der Waals surface area contributed by atoms with Crippen LogP contribution in [0.4, 0.5) is 5.95 Å². The average molecular weight is 254 g/mol. The van der Waals surface area contributed by atoms with Crippen molar-refractivity contribution in [1.29, 1.82) is 0 Å². The monoisotopic (exact) mass is 254 g/mol. The molecule has 1 aliphatic rings. The van der Waals surface area contributed by atoms with Gasteiger partial charge in [-0.1, -0.05) is 6.92 Å². The van der Waals surface area contributed by atoms with Crippen molar-refractivity contribution in [3.8, 4) is 0 Å². The molecule has 0 radical (unpaired) electrons. The van der Waals surface area contributed by atoms with Crippen molar-refractivity contribution in [3.63, 3.8) is 0 Å². The van der Waals surface area contributed by atoms with E-state index in [1.165, 1.54) is 0 Å². The number of anilines is 1. The first-order valence-corrected chi connectivity index (χ1v) is 7.40. The number of nitrogens with zero attached hydrogens (tertiary/aromatic N) is 3. The maximum Gasteiger partial charge on any atom is 0.225 e. The third kappa shape index (κ3) is 3.47. The summed E-state index contributed by atoms with van der Waals surface area (Å²) in [7, 11) is -0.651. The van der Waals surface area contributed by atoms with E-state index in [1.54, 1.807) is 0 Å². The second-order valence-electron chi connectivity index (χ2n) is 4.01. The standard InChI is InChI=1S/C11H18N4OS/c1-2-12-7-10-8-13-11(14-9-10)15-3-5-17(16)6-4-15/h8-9,12H,2-7H2,1H3. The number of nitrogens with one attached hydrogen (secondary N) is 1. The Hall–Kier alpha value is -1.01. The van der Waals surface area contributed by atoms with Crippen LogP contribution in [0.25, 0.3) is 0 Å². The Morgan fingerprint density at radius 2 is 2.00 bits per heavy atom. The summed E-state index contributed by atoms with van der Waals surface area (Å²) in [5.74, 6) is 2.20. The number of aromatic nitrogens is 2. The van der Waals surface area contributed by atoms with Gasteiger partial charge in [-0.25, -0.2) is 9.97 Å². The first kappa shape index (κ1) is 12.4. The molecule has 0 bridgehead atoms. The highest BCUT2D eigenvalue weighted by Crippen LogP contribution is 2.10. The molecule has 6 heteroatoms. The minimum atomic E-state index is -0.651. The Morgan fingerprint density at radius 1 is 1.35 bits per heavy atom. The molecule has 1 aromatic rings. The fourth-order valence-corrected chi connectivity index (χ4v) is 2.76. The SMILES string of the molecule is CCNCc1cnc(N2CCS(=O)CC2)nc1. The highest BCUT2D eigenvalue weighted by Gasteiger charge is 2.17. The molecule has 5 nitrogen and oxygen atoms in total. The Morgan fingerprint density at radius 3 is 2.59 bits per heavy atom. The second kappa shape index (κ2) is 6.07. The summed E-state index contributed by atoms with van der Waals surface area (Å²) < 4.78 is 11.2. The smallest absolute Gasteiger partial charge is 0.225 e. The molecule has 2 heterocycles. The van der Waals surface area contributed by atoms with Crippen molar-refractivity contribution in [2.45, 2.75) is 13.5 Å².